The Morgan fingerprint density at radius 3 is 2.65 bits per heavy atom. The molecule has 1 amide bonds. The molecule has 134 valence electrons. The van der Waals surface area contributed by atoms with Gasteiger partial charge in [-0.05, 0) is 41.6 Å². The normalized spacial score (nSPS) is 10.7. The van der Waals surface area contributed by atoms with Crippen molar-refractivity contribution in [3.05, 3.63) is 63.5 Å². The number of thiazole rings is 1. The molecule has 0 saturated heterocycles. The summed E-state index contributed by atoms with van der Waals surface area (Å²) in [4.78, 5) is 17.9. The smallest absolute Gasteiger partial charge is 0.230 e. The van der Waals surface area contributed by atoms with Gasteiger partial charge in [0.1, 0.15) is 0 Å². The lowest BCUT2D eigenvalue weighted by Crippen LogP contribution is -2.14. The fourth-order valence-electron chi connectivity index (χ4n) is 2.37. The molecule has 1 aromatic heterocycles. The molecular weight excluding hydrogens is 407 g/mol. The molecule has 0 bridgehead atoms. The largest absolute Gasteiger partial charge is 0.302 e. The summed E-state index contributed by atoms with van der Waals surface area (Å²) < 4.78 is 0. The second kappa shape index (κ2) is 8.91. The molecule has 0 fully saturated rings. The third-order valence-electron chi connectivity index (χ3n) is 3.56. The van der Waals surface area contributed by atoms with E-state index in [-0.39, 0.29) is 5.91 Å². The number of hydrogen-bond donors (Lipinski definition) is 1. The summed E-state index contributed by atoms with van der Waals surface area (Å²) in [7, 11) is 0. The molecule has 26 heavy (non-hydrogen) atoms. The highest BCUT2D eigenvalue weighted by molar-refractivity contribution is 7.99. The highest BCUT2D eigenvalue weighted by Gasteiger charge is 2.11. The van der Waals surface area contributed by atoms with Crippen molar-refractivity contribution in [2.75, 3.05) is 11.1 Å². The highest BCUT2D eigenvalue weighted by Crippen LogP contribution is 2.32. The lowest BCUT2D eigenvalue weighted by Gasteiger charge is -2.04. The summed E-state index contributed by atoms with van der Waals surface area (Å²) in [6.07, 6.45) is 0.313. The van der Waals surface area contributed by atoms with E-state index in [4.69, 9.17) is 23.2 Å². The van der Waals surface area contributed by atoms with Crippen LogP contribution in [0.1, 0.15) is 12.5 Å². The van der Waals surface area contributed by atoms with Gasteiger partial charge in [-0.2, -0.15) is 0 Å². The van der Waals surface area contributed by atoms with Gasteiger partial charge >= 0.3 is 0 Å². The quantitative estimate of drug-likeness (QED) is 0.466. The standard InChI is InChI=1S/C19H16Cl2N2OS2/c1-2-25-14-6-3-12(4-7-14)9-18(24)23-19-22-17(11-26-19)15-8-5-13(20)10-16(15)21/h3-8,10-11H,2,9H2,1H3,(H,22,23,24). The maximum absolute atomic E-state index is 12.3. The van der Waals surface area contributed by atoms with Crippen LogP contribution in [0.15, 0.2) is 52.7 Å². The fourth-order valence-corrected chi connectivity index (χ4v) is 4.27. The van der Waals surface area contributed by atoms with E-state index in [2.05, 4.69) is 17.2 Å². The number of anilines is 1. The molecule has 0 aliphatic heterocycles. The topological polar surface area (TPSA) is 42.0 Å². The number of carbonyl (C=O) groups is 1. The fraction of sp³-hybridized carbons (Fsp3) is 0.158. The van der Waals surface area contributed by atoms with Gasteiger partial charge in [0.2, 0.25) is 5.91 Å². The molecule has 0 saturated carbocycles. The second-order valence-corrected chi connectivity index (χ2v) is 8.50. The Kier molecular flexibility index (Phi) is 6.59. The summed E-state index contributed by atoms with van der Waals surface area (Å²) in [5, 5.41) is 6.37. The average molecular weight is 423 g/mol. The molecule has 0 aliphatic rings. The van der Waals surface area contributed by atoms with Crippen molar-refractivity contribution in [3.8, 4) is 11.3 Å². The Balaban J connectivity index is 1.64. The van der Waals surface area contributed by atoms with Crippen molar-refractivity contribution in [2.24, 2.45) is 0 Å². The molecule has 1 heterocycles. The zero-order valence-electron chi connectivity index (χ0n) is 14.0. The molecular formula is C19H16Cl2N2OS2. The molecule has 0 aliphatic carbocycles. The molecule has 0 unspecified atom stereocenters. The maximum atomic E-state index is 12.3. The number of benzene rings is 2. The number of hydrogen-bond acceptors (Lipinski definition) is 4. The molecule has 3 nitrogen and oxygen atoms in total. The van der Waals surface area contributed by atoms with Crippen LogP contribution in [0.5, 0.6) is 0 Å². The summed E-state index contributed by atoms with van der Waals surface area (Å²) in [5.74, 6) is 0.938. The Bertz CT molecular complexity index is 910. The van der Waals surface area contributed by atoms with E-state index in [1.807, 2.05) is 35.7 Å². The first-order valence-electron chi connectivity index (χ1n) is 7.97. The Morgan fingerprint density at radius 1 is 1.19 bits per heavy atom. The van der Waals surface area contributed by atoms with E-state index in [0.717, 1.165) is 16.9 Å². The lowest BCUT2D eigenvalue weighted by molar-refractivity contribution is -0.115. The van der Waals surface area contributed by atoms with Crippen molar-refractivity contribution < 1.29 is 4.79 Å². The van der Waals surface area contributed by atoms with Gasteiger partial charge in [-0.3, -0.25) is 4.79 Å². The van der Waals surface area contributed by atoms with Gasteiger partial charge in [0.05, 0.1) is 17.1 Å². The lowest BCUT2D eigenvalue weighted by atomic mass is 10.1. The minimum atomic E-state index is -0.0935. The maximum Gasteiger partial charge on any atom is 0.230 e. The van der Waals surface area contributed by atoms with Crippen LogP contribution in [-0.4, -0.2) is 16.6 Å². The van der Waals surface area contributed by atoms with Crippen molar-refractivity contribution in [3.63, 3.8) is 0 Å². The molecule has 3 aromatic rings. The van der Waals surface area contributed by atoms with Gasteiger partial charge in [-0.1, -0.05) is 42.3 Å². The monoisotopic (exact) mass is 422 g/mol. The van der Waals surface area contributed by atoms with E-state index in [1.54, 1.807) is 23.9 Å². The van der Waals surface area contributed by atoms with E-state index in [0.29, 0.717) is 27.3 Å². The number of nitrogens with zero attached hydrogens (tertiary/aromatic N) is 1. The number of aromatic nitrogens is 1. The molecule has 2 aromatic carbocycles. The summed E-state index contributed by atoms with van der Waals surface area (Å²) in [5.41, 5.74) is 2.48. The summed E-state index contributed by atoms with van der Waals surface area (Å²) in [6.45, 7) is 2.12. The third kappa shape index (κ3) is 5.01. The Morgan fingerprint density at radius 2 is 1.96 bits per heavy atom. The minimum absolute atomic E-state index is 0.0935. The second-order valence-electron chi connectivity index (χ2n) is 5.46. The molecule has 1 N–H and O–H groups in total. The number of amides is 1. The predicted octanol–water partition coefficient (Wildman–Crippen LogP) is 6.41. The van der Waals surface area contributed by atoms with Crippen LogP contribution in [0.2, 0.25) is 10.0 Å². The highest BCUT2D eigenvalue weighted by atomic mass is 35.5. The van der Waals surface area contributed by atoms with Gasteiger partial charge in [0, 0.05) is 20.9 Å². The van der Waals surface area contributed by atoms with Crippen LogP contribution in [0, 0.1) is 0 Å². The van der Waals surface area contributed by atoms with Gasteiger partial charge in [0.15, 0.2) is 5.13 Å². The number of nitrogens with one attached hydrogen (secondary N) is 1. The van der Waals surface area contributed by atoms with Crippen LogP contribution >= 0.6 is 46.3 Å². The number of thioether (sulfide) groups is 1. The van der Waals surface area contributed by atoms with E-state index in [1.165, 1.54) is 16.2 Å². The van der Waals surface area contributed by atoms with E-state index < -0.39 is 0 Å². The van der Waals surface area contributed by atoms with Crippen LogP contribution in [0.4, 0.5) is 5.13 Å². The minimum Gasteiger partial charge on any atom is -0.302 e. The van der Waals surface area contributed by atoms with Crippen molar-refractivity contribution in [1.29, 1.82) is 0 Å². The molecule has 0 spiro atoms. The summed E-state index contributed by atoms with van der Waals surface area (Å²) in [6, 6.07) is 13.3. The number of halogens is 2. The van der Waals surface area contributed by atoms with E-state index in [9.17, 15) is 4.79 Å². The van der Waals surface area contributed by atoms with Crippen LogP contribution in [0.3, 0.4) is 0 Å². The molecule has 3 rings (SSSR count). The number of rotatable bonds is 6. The first kappa shape index (κ1) is 19.2. The van der Waals surface area contributed by atoms with Crippen molar-refractivity contribution >= 4 is 57.3 Å². The number of carbonyl (C=O) groups excluding carboxylic acids is 1. The first-order valence-corrected chi connectivity index (χ1v) is 10.6. The van der Waals surface area contributed by atoms with Crippen molar-refractivity contribution in [1.82, 2.24) is 4.98 Å². The van der Waals surface area contributed by atoms with E-state index >= 15 is 0 Å². The predicted molar refractivity (Wildman–Crippen MR) is 113 cm³/mol. The van der Waals surface area contributed by atoms with Gasteiger partial charge in [-0.25, -0.2) is 4.98 Å². The Labute approximate surface area is 170 Å². The Hall–Kier alpha value is -1.53. The SMILES string of the molecule is CCSc1ccc(CC(=O)Nc2nc(-c3ccc(Cl)cc3Cl)cs2)cc1. The van der Waals surface area contributed by atoms with Gasteiger partial charge in [-0.15, -0.1) is 23.1 Å². The van der Waals surface area contributed by atoms with Crippen LogP contribution in [0.25, 0.3) is 11.3 Å². The summed E-state index contributed by atoms with van der Waals surface area (Å²) >= 11 is 15.3. The molecule has 0 atom stereocenters. The average Bonchev–Trinajstić information content (AvgIpc) is 3.05. The van der Waals surface area contributed by atoms with Crippen LogP contribution < -0.4 is 5.32 Å². The third-order valence-corrected chi connectivity index (χ3v) is 5.76. The van der Waals surface area contributed by atoms with Crippen molar-refractivity contribution in [2.45, 2.75) is 18.2 Å². The zero-order valence-corrected chi connectivity index (χ0v) is 17.1. The first-order chi connectivity index (χ1) is 12.5. The molecule has 7 heteroatoms. The molecule has 0 radical (unpaired) electrons. The van der Waals surface area contributed by atoms with Gasteiger partial charge < -0.3 is 5.32 Å². The van der Waals surface area contributed by atoms with Crippen LogP contribution in [-0.2, 0) is 11.2 Å². The zero-order chi connectivity index (χ0) is 18.5. The van der Waals surface area contributed by atoms with Gasteiger partial charge in [0.25, 0.3) is 0 Å².